The molecule has 0 saturated heterocycles. The van der Waals surface area contributed by atoms with Crippen LogP contribution in [0.1, 0.15) is 91.3 Å². The summed E-state index contributed by atoms with van der Waals surface area (Å²) in [5, 5.41) is 18.6. The van der Waals surface area contributed by atoms with Gasteiger partial charge in [-0.15, -0.1) is 0 Å². The zero-order valence-electron chi connectivity index (χ0n) is 22.8. The minimum absolute atomic E-state index is 0.0250. The van der Waals surface area contributed by atoms with E-state index in [9.17, 15) is 14.7 Å². The molecule has 0 bridgehead atoms. The van der Waals surface area contributed by atoms with Gasteiger partial charge in [0.1, 0.15) is 12.6 Å². The number of aliphatic hydroxyl groups excluding tert-OH is 1. The molecule has 5 heteroatoms. The van der Waals surface area contributed by atoms with Crippen molar-refractivity contribution in [1.82, 2.24) is 10.2 Å². The number of aromatic amines is 1. The van der Waals surface area contributed by atoms with Crippen LogP contribution in [0.2, 0.25) is 0 Å². The van der Waals surface area contributed by atoms with Gasteiger partial charge in [0.2, 0.25) is 0 Å². The van der Waals surface area contributed by atoms with Crippen LogP contribution in [-0.4, -0.2) is 34.0 Å². The highest BCUT2D eigenvalue weighted by atomic mass is 16.3. The highest BCUT2D eigenvalue weighted by Crippen LogP contribution is 2.64. The second kappa shape index (κ2) is 10.1. The first-order chi connectivity index (χ1) is 16.6. The molecule has 0 aliphatic heterocycles. The number of nitrogens with zero attached hydrogens (tertiary/aromatic N) is 1. The third-order valence-electron chi connectivity index (χ3n) is 11.5. The molecule has 35 heavy (non-hydrogen) atoms. The summed E-state index contributed by atoms with van der Waals surface area (Å²) in [5.74, 6) is 2.24. The smallest absolute Gasteiger partial charge is 0.124 e. The topological polar surface area (TPSA) is 83.0 Å². The number of hydrogen-bond acceptors (Lipinski definition) is 4. The van der Waals surface area contributed by atoms with Crippen LogP contribution < -0.4 is 0 Å². The zero-order chi connectivity index (χ0) is 25.5. The van der Waals surface area contributed by atoms with Gasteiger partial charge in [0.25, 0.3) is 0 Å². The number of aromatic nitrogens is 2. The molecule has 2 N–H and O–H groups in total. The van der Waals surface area contributed by atoms with Crippen LogP contribution in [-0.2, 0) is 22.4 Å². The molecule has 0 spiro atoms. The van der Waals surface area contributed by atoms with E-state index in [1.807, 2.05) is 6.20 Å². The molecule has 5 nitrogen and oxygen atoms in total. The SMILES string of the molecule is CC[C@H](CC(O)[C@@H](C)[C@H]1CC[C@H]2[C@H](C=O)[C@@H]([C@@]3(C)Cc4cn[nH]c4C[C@@H]3C=O)CC[C@]12C)C(C)C. The zero-order valence-corrected chi connectivity index (χ0v) is 22.8. The van der Waals surface area contributed by atoms with Crippen molar-refractivity contribution in [3.63, 3.8) is 0 Å². The minimum Gasteiger partial charge on any atom is -0.393 e. The van der Waals surface area contributed by atoms with Crippen LogP contribution >= 0.6 is 0 Å². The van der Waals surface area contributed by atoms with Crippen molar-refractivity contribution in [3.05, 3.63) is 17.5 Å². The highest BCUT2D eigenvalue weighted by Gasteiger charge is 2.59. The van der Waals surface area contributed by atoms with E-state index in [1.165, 1.54) is 11.8 Å². The lowest BCUT2D eigenvalue weighted by Crippen LogP contribution is -2.52. The van der Waals surface area contributed by atoms with Crippen LogP contribution in [0.5, 0.6) is 0 Å². The van der Waals surface area contributed by atoms with Crippen LogP contribution in [0.3, 0.4) is 0 Å². The molecule has 0 aromatic carbocycles. The van der Waals surface area contributed by atoms with Crippen LogP contribution in [0.15, 0.2) is 6.20 Å². The Balaban J connectivity index is 1.55. The molecule has 2 fully saturated rings. The second-order valence-electron chi connectivity index (χ2n) is 13.2. The van der Waals surface area contributed by atoms with Crippen molar-refractivity contribution < 1.29 is 14.7 Å². The van der Waals surface area contributed by atoms with Gasteiger partial charge in [-0.25, -0.2) is 0 Å². The molecular weight excluding hydrogens is 436 g/mol. The van der Waals surface area contributed by atoms with Crippen molar-refractivity contribution in [2.45, 2.75) is 99.0 Å². The van der Waals surface area contributed by atoms with Gasteiger partial charge < -0.3 is 14.7 Å². The summed E-state index contributed by atoms with van der Waals surface area (Å²) < 4.78 is 0. The maximum atomic E-state index is 12.7. The van der Waals surface area contributed by atoms with E-state index in [2.05, 4.69) is 51.7 Å². The number of H-pyrrole nitrogens is 1. The molecule has 1 unspecified atom stereocenters. The number of aliphatic hydroxyl groups is 1. The van der Waals surface area contributed by atoms with E-state index in [0.717, 1.165) is 56.9 Å². The van der Waals surface area contributed by atoms with Gasteiger partial charge in [0, 0.05) is 17.5 Å². The number of rotatable bonds is 9. The van der Waals surface area contributed by atoms with Crippen molar-refractivity contribution >= 4 is 12.6 Å². The van der Waals surface area contributed by atoms with Crippen LogP contribution in [0, 0.1) is 58.2 Å². The van der Waals surface area contributed by atoms with E-state index in [0.29, 0.717) is 30.1 Å². The Morgan fingerprint density at radius 3 is 2.46 bits per heavy atom. The van der Waals surface area contributed by atoms with E-state index in [1.54, 1.807) is 0 Å². The Kier molecular flexibility index (Phi) is 7.67. The summed E-state index contributed by atoms with van der Waals surface area (Å²) in [5.41, 5.74) is 2.14. The Morgan fingerprint density at radius 2 is 1.83 bits per heavy atom. The molecular formula is C30H48N2O3. The lowest BCUT2D eigenvalue weighted by atomic mass is 9.48. The highest BCUT2D eigenvalue weighted by molar-refractivity contribution is 5.60. The number of nitrogens with one attached hydrogen (secondary N) is 1. The molecule has 0 radical (unpaired) electrons. The van der Waals surface area contributed by atoms with Gasteiger partial charge in [0.15, 0.2) is 0 Å². The van der Waals surface area contributed by atoms with Gasteiger partial charge in [-0.1, -0.05) is 48.0 Å². The molecule has 1 heterocycles. The van der Waals surface area contributed by atoms with Gasteiger partial charge in [0.05, 0.1) is 12.3 Å². The van der Waals surface area contributed by atoms with Crippen molar-refractivity contribution in [1.29, 1.82) is 0 Å². The molecule has 3 aliphatic rings. The fourth-order valence-corrected chi connectivity index (χ4v) is 9.03. The number of fused-ring (bicyclic) bond motifs is 2. The third kappa shape index (κ3) is 4.45. The number of carbonyl (C=O) groups excluding carboxylic acids is 2. The lowest BCUT2D eigenvalue weighted by Gasteiger charge is -2.55. The monoisotopic (exact) mass is 484 g/mol. The Bertz CT molecular complexity index is 896. The molecule has 10 atom stereocenters. The predicted octanol–water partition coefficient (Wildman–Crippen LogP) is 5.66. The van der Waals surface area contributed by atoms with Gasteiger partial charge in [-0.2, -0.15) is 5.10 Å². The predicted molar refractivity (Wildman–Crippen MR) is 139 cm³/mol. The number of aldehydes is 2. The lowest BCUT2D eigenvalue weighted by molar-refractivity contribution is -0.133. The fraction of sp³-hybridized carbons (Fsp3) is 0.833. The number of carbonyl (C=O) groups is 2. The fourth-order valence-electron chi connectivity index (χ4n) is 9.03. The van der Waals surface area contributed by atoms with Crippen molar-refractivity contribution in [2.24, 2.45) is 58.2 Å². The van der Waals surface area contributed by atoms with E-state index in [4.69, 9.17) is 0 Å². The first-order valence-corrected chi connectivity index (χ1v) is 14.2. The molecule has 196 valence electrons. The summed E-state index contributed by atoms with van der Waals surface area (Å²) in [6, 6.07) is 0. The van der Waals surface area contributed by atoms with E-state index in [-0.39, 0.29) is 40.6 Å². The summed E-state index contributed by atoms with van der Waals surface area (Å²) >= 11 is 0. The van der Waals surface area contributed by atoms with Crippen LogP contribution in [0.25, 0.3) is 0 Å². The Labute approximate surface area is 212 Å². The molecule has 1 aromatic heterocycles. The minimum atomic E-state index is -0.287. The summed E-state index contributed by atoms with van der Waals surface area (Å²) in [6.45, 7) is 13.7. The second-order valence-corrected chi connectivity index (χ2v) is 13.2. The molecule has 2 saturated carbocycles. The average molecular weight is 485 g/mol. The van der Waals surface area contributed by atoms with Crippen molar-refractivity contribution in [3.8, 4) is 0 Å². The van der Waals surface area contributed by atoms with Crippen LogP contribution in [0.4, 0.5) is 0 Å². The molecule has 0 amide bonds. The summed E-state index contributed by atoms with van der Waals surface area (Å²) in [7, 11) is 0. The standard InChI is InChI=1S/C30H48N2O3/c1-7-20(18(2)3)12-28(35)19(4)24-8-9-25-23(17-34)26(10-11-29(24,25)5)30(6)14-21-15-31-32-27(21)13-22(30)16-33/h15-20,22-26,28,35H,7-14H2,1-6H3,(H,31,32)/t19-,20+,22+,23-,24+,25-,26-,28?,29+,30-/m0/s1. The Morgan fingerprint density at radius 1 is 1.11 bits per heavy atom. The largest absolute Gasteiger partial charge is 0.393 e. The van der Waals surface area contributed by atoms with Gasteiger partial charge in [-0.3, -0.25) is 5.10 Å². The van der Waals surface area contributed by atoms with E-state index < -0.39 is 0 Å². The maximum absolute atomic E-state index is 12.7. The molecule has 3 aliphatic carbocycles. The Hall–Kier alpha value is -1.49. The van der Waals surface area contributed by atoms with E-state index >= 15 is 0 Å². The normalized spacial score (nSPS) is 39.5. The van der Waals surface area contributed by atoms with Crippen molar-refractivity contribution in [2.75, 3.05) is 0 Å². The quantitative estimate of drug-likeness (QED) is 0.443. The summed E-state index contributed by atoms with van der Waals surface area (Å²) in [4.78, 5) is 25.0. The molecule has 4 rings (SSSR count). The van der Waals surface area contributed by atoms with Gasteiger partial charge >= 0.3 is 0 Å². The first kappa shape index (κ1) is 26.6. The maximum Gasteiger partial charge on any atom is 0.124 e. The van der Waals surface area contributed by atoms with Gasteiger partial charge in [-0.05, 0) is 96.8 Å². The summed E-state index contributed by atoms with van der Waals surface area (Å²) in [6.07, 6.45) is 11.7. The average Bonchev–Trinajstić information content (AvgIpc) is 3.43. The third-order valence-corrected chi connectivity index (χ3v) is 11.5. The first-order valence-electron chi connectivity index (χ1n) is 14.2. The molecule has 1 aromatic rings. The number of hydrogen-bond donors (Lipinski definition) is 2.